The summed E-state index contributed by atoms with van der Waals surface area (Å²) >= 11 is -3.29. The number of carbonyl (C=O) groups is 2. The molecule has 0 aliphatic carbocycles. The van der Waals surface area contributed by atoms with Crippen molar-refractivity contribution in [1.82, 2.24) is 9.80 Å². The van der Waals surface area contributed by atoms with E-state index in [4.69, 9.17) is 34.1 Å². The number of hydrogen-bond acceptors (Lipinski definition) is 2. The van der Waals surface area contributed by atoms with Gasteiger partial charge in [0, 0.05) is 26.2 Å². The number of nitrogens with zero attached hydrogens (tertiary/aromatic N) is 2. The molecule has 29 heavy (non-hydrogen) atoms. The van der Waals surface area contributed by atoms with Crippen molar-refractivity contribution in [2.24, 2.45) is 23.7 Å². The average Bonchev–Trinajstić information content (AvgIpc) is 2.42. The standard InChI is InChI=1S/2C10H20NO.4ClH.Zr/c2*1-8(2)6-11(10(5)12)7-9(3)4;;;;;/h2*8-9H,5-7H2,1-4H3;4*1H;/q2*-1;;;;;+4/p-4. The Morgan fingerprint density at radius 3 is 0.828 bits per heavy atom. The molecule has 0 aromatic carbocycles. The molecule has 0 saturated carbocycles. The maximum atomic E-state index is 11.0. The molecule has 0 aliphatic heterocycles. The zero-order chi connectivity index (χ0) is 23.9. The molecule has 0 rings (SSSR count). The Kier molecular flexibility index (Phi) is 21.7. The first-order valence-corrected chi connectivity index (χ1v) is 22.5. The molecule has 0 aromatic rings. The van der Waals surface area contributed by atoms with Gasteiger partial charge in [0.2, 0.25) is 0 Å². The van der Waals surface area contributed by atoms with Gasteiger partial charge in [0.1, 0.15) is 0 Å². The zero-order valence-electron chi connectivity index (χ0n) is 19.3. The van der Waals surface area contributed by atoms with Gasteiger partial charge >= 0.3 is 49.5 Å². The monoisotopic (exact) mass is 570 g/mol. The fraction of sp³-hybridized carbons (Fsp3) is 0.800. The second-order valence-electron chi connectivity index (χ2n) is 8.60. The van der Waals surface area contributed by atoms with Gasteiger partial charge in [-0.15, -0.1) is 0 Å². The number of halogens is 4. The molecule has 0 N–H and O–H groups in total. The second-order valence-corrected chi connectivity index (χ2v) is 31.0. The summed E-state index contributed by atoms with van der Waals surface area (Å²) in [6.07, 6.45) is 0. The Morgan fingerprint density at radius 2 is 0.759 bits per heavy atom. The SMILES string of the molecule is [CH2-]C(=O)N(CC(C)C)CC(C)C.[CH2-]C(=O)N(CC(C)C)CC(C)C.[Cl][Zr]([Cl])([Cl])[Cl]. The van der Waals surface area contributed by atoms with Gasteiger partial charge in [-0.2, -0.15) is 0 Å². The van der Waals surface area contributed by atoms with Crippen molar-refractivity contribution < 1.29 is 25.1 Å². The van der Waals surface area contributed by atoms with Crippen LogP contribution in [0, 0.1) is 37.5 Å². The van der Waals surface area contributed by atoms with E-state index in [2.05, 4.69) is 69.2 Å². The molecule has 9 heteroatoms. The first-order valence-electron chi connectivity index (χ1n) is 9.84. The van der Waals surface area contributed by atoms with Crippen LogP contribution in [0.1, 0.15) is 55.4 Å². The fourth-order valence-corrected chi connectivity index (χ4v) is 2.32. The van der Waals surface area contributed by atoms with Crippen molar-refractivity contribution in [2.75, 3.05) is 26.2 Å². The molecule has 0 fully saturated rings. The molecule has 2 amide bonds. The van der Waals surface area contributed by atoms with Crippen LogP contribution < -0.4 is 0 Å². The summed E-state index contributed by atoms with van der Waals surface area (Å²) in [6, 6.07) is 0. The summed E-state index contributed by atoms with van der Waals surface area (Å²) in [6.45, 7) is 27.0. The van der Waals surface area contributed by atoms with E-state index in [9.17, 15) is 9.59 Å². The predicted molar refractivity (Wildman–Crippen MR) is 127 cm³/mol. The summed E-state index contributed by atoms with van der Waals surface area (Å²) in [5, 5.41) is 0. The zero-order valence-corrected chi connectivity index (χ0v) is 24.8. The van der Waals surface area contributed by atoms with Crippen LogP contribution in [0.25, 0.3) is 0 Å². The molecule has 0 saturated heterocycles. The first-order chi connectivity index (χ1) is 12.9. The van der Waals surface area contributed by atoms with Gasteiger partial charge in [-0.05, 0) is 23.7 Å². The van der Waals surface area contributed by atoms with E-state index in [1.54, 1.807) is 0 Å². The summed E-state index contributed by atoms with van der Waals surface area (Å²) < 4.78 is 0. The molecule has 0 atom stereocenters. The van der Waals surface area contributed by atoms with E-state index in [1.165, 1.54) is 0 Å². The molecule has 4 nitrogen and oxygen atoms in total. The van der Waals surface area contributed by atoms with Crippen LogP contribution in [0.2, 0.25) is 0 Å². The van der Waals surface area contributed by atoms with Crippen LogP contribution >= 0.6 is 34.1 Å². The van der Waals surface area contributed by atoms with Crippen molar-refractivity contribution in [2.45, 2.75) is 55.4 Å². The van der Waals surface area contributed by atoms with E-state index in [0.29, 0.717) is 23.7 Å². The van der Waals surface area contributed by atoms with Crippen LogP contribution in [0.5, 0.6) is 0 Å². The van der Waals surface area contributed by atoms with Crippen molar-refractivity contribution >= 4 is 45.9 Å². The Balaban J connectivity index is -0.000000380. The predicted octanol–water partition coefficient (Wildman–Crippen LogP) is 6.68. The molecule has 0 bridgehead atoms. The van der Waals surface area contributed by atoms with Gasteiger partial charge in [-0.1, -0.05) is 55.4 Å². The van der Waals surface area contributed by atoms with E-state index in [1.807, 2.05) is 9.80 Å². The first kappa shape index (κ1) is 34.3. The quantitative estimate of drug-likeness (QED) is 0.304. The van der Waals surface area contributed by atoms with Crippen LogP contribution in [0.4, 0.5) is 0 Å². The van der Waals surface area contributed by atoms with Crippen LogP contribution in [0.3, 0.4) is 0 Å². The molecule has 0 aromatic heterocycles. The van der Waals surface area contributed by atoms with Crippen molar-refractivity contribution in [3.8, 4) is 0 Å². The van der Waals surface area contributed by atoms with Gasteiger partial charge in [-0.25, -0.2) is 0 Å². The Labute approximate surface area is 198 Å². The van der Waals surface area contributed by atoms with E-state index in [0.717, 1.165) is 26.2 Å². The molecule has 0 aliphatic rings. The molecule has 0 spiro atoms. The number of carbonyl (C=O) groups excluding carboxylic acids is 2. The summed E-state index contributed by atoms with van der Waals surface area (Å²) in [5.41, 5.74) is 0. The topological polar surface area (TPSA) is 40.6 Å². The third kappa shape index (κ3) is 33.6. The number of hydrogen-bond donors (Lipinski definition) is 0. The Bertz CT molecular complexity index is 383. The second kappa shape index (κ2) is 18.3. The van der Waals surface area contributed by atoms with Crippen molar-refractivity contribution in [3.05, 3.63) is 13.8 Å². The minimum absolute atomic E-state index is 0.0580. The minimum atomic E-state index is -3.29. The van der Waals surface area contributed by atoms with E-state index in [-0.39, 0.29) is 11.8 Å². The van der Waals surface area contributed by atoms with Gasteiger partial charge in [0.25, 0.3) is 0 Å². The fourth-order valence-electron chi connectivity index (χ4n) is 2.32. The Morgan fingerprint density at radius 1 is 0.621 bits per heavy atom. The summed E-state index contributed by atoms with van der Waals surface area (Å²) in [5.74, 6) is 1.97. The van der Waals surface area contributed by atoms with Gasteiger partial charge < -0.3 is 33.2 Å². The van der Waals surface area contributed by atoms with Gasteiger partial charge in [0.15, 0.2) is 0 Å². The molecular formula is C20H40Cl4N2O2Zr-2. The van der Waals surface area contributed by atoms with Crippen LogP contribution in [-0.2, 0) is 25.1 Å². The summed E-state index contributed by atoms with van der Waals surface area (Å²) in [4.78, 5) is 25.7. The maximum absolute atomic E-state index is 11.0. The van der Waals surface area contributed by atoms with E-state index >= 15 is 0 Å². The van der Waals surface area contributed by atoms with Crippen molar-refractivity contribution in [1.29, 1.82) is 0 Å². The molecule has 0 radical (unpaired) electrons. The third-order valence-corrected chi connectivity index (χ3v) is 3.05. The molecule has 0 unspecified atom stereocenters. The average molecular weight is 574 g/mol. The van der Waals surface area contributed by atoms with Crippen LogP contribution in [-0.4, -0.2) is 47.8 Å². The number of rotatable bonds is 8. The molecule has 176 valence electrons. The normalized spacial score (nSPS) is 11.0. The van der Waals surface area contributed by atoms with Gasteiger partial charge in [-0.3, -0.25) is 0 Å². The summed E-state index contributed by atoms with van der Waals surface area (Å²) in [7, 11) is 20.1. The van der Waals surface area contributed by atoms with Crippen LogP contribution in [0.15, 0.2) is 0 Å². The van der Waals surface area contributed by atoms with Crippen molar-refractivity contribution in [3.63, 3.8) is 0 Å². The molecule has 0 heterocycles. The third-order valence-electron chi connectivity index (χ3n) is 3.05. The Hall–Kier alpha value is 0.723. The number of amides is 2. The van der Waals surface area contributed by atoms with E-state index < -0.39 is 15.5 Å². The molecular weight excluding hydrogens is 533 g/mol. The van der Waals surface area contributed by atoms with Gasteiger partial charge in [0.05, 0.1) is 11.8 Å².